The molecule has 0 bridgehead atoms. The lowest BCUT2D eigenvalue weighted by Gasteiger charge is -2.09. The number of nitrogens with zero attached hydrogens (tertiary/aromatic N) is 1. The Morgan fingerprint density at radius 1 is 1.14 bits per heavy atom. The largest absolute Gasteiger partial charge is 0.477 e. The first-order valence-electron chi connectivity index (χ1n) is 6.73. The van der Waals surface area contributed by atoms with E-state index in [-0.39, 0.29) is 18.1 Å². The Balaban J connectivity index is 2.23. The van der Waals surface area contributed by atoms with Crippen LogP contribution >= 0.6 is 0 Å². The molecule has 1 N–H and O–H groups in total. The average Bonchev–Trinajstić information content (AvgIpc) is 2.71. The van der Waals surface area contributed by atoms with Crippen molar-refractivity contribution in [2.24, 2.45) is 0 Å². The number of carboxylic acids is 1. The molecule has 1 aromatic heterocycles. The second kappa shape index (κ2) is 5.26. The fourth-order valence-corrected chi connectivity index (χ4v) is 2.75. The molecule has 1 heterocycles. The number of benzene rings is 2. The molecule has 0 aliphatic carbocycles. The van der Waals surface area contributed by atoms with E-state index in [1.807, 2.05) is 0 Å². The van der Waals surface area contributed by atoms with Crippen LogP contribution in [0.1, 0.15) is 21.6 Å². The monoisotopic (exact) mass is 301 g/mol. The number of hydrogen-bond acceptors (Lipinski definition) is 1. The predicted molar refractivity (Wildman–Crippen MR) is 79.1 cm³/mol. The van der Waals surface area contributed by atoms with Crippen LogP contribution in [0.2, 0.25) is 0 Å². The van der Waals surface area contributed by atoms with E-state index in [4.69, 9.17) is 0 Å². The van der Waals surface area contributed by atoms with Gasteiger partial charge in [-0.1, -0.05) is 12.1 Å². The normalized spacial score (nSPS) is 11.0. The van der Waals surface area contributed by atoms with Crippen LogP contribution < -0.4 is 0 Å². The van der Waals surface area contributed by atoms with Crippen molar-refractivity contribution in [1.82, 2.24) is 4.57 Å². The van der Waals surface area contributed by atoms with Gasteiger partial charge in [-0.15, -0.1) is 0 Å². The van der Waals surface area contributed by atoms with Crippen LogP contribution in [0.4, 0.5) is 8.78 Å². The van der Waals surface area contributed by atoms with Crippen molar-refractivity contribution >= 4 is 16.9 Å². The number of rotatable bonds is 3. The van der Waals surface area contributed by atoms with Crippen molar-refractivity contribution in [1.29, 1.82) is 0 Å². The van der Waals surface area contributed by atoms with Gasteiger partial charge in [0.25, 0.3) is 0 Å². The summed E-state index contributed by atoms with van der Waals surface area (Å²) in [6.07, 6.45) is 0. The minimum atomic E-state index is -1.09. The Morgan fingerprint density at radius 2 is 1.86 bits per heavy atom. The molecule has 0 aliphatic rings. The first-order chi connectivity index (χ1) is 10.5. The van der Waals surface area contributed by atoms with Gasteiger partial charge < -0.3 is 9.67 Å². The number of carbonyl (C=O) groups is 1. The SMILES string of the molecule is Cc1c(C(=O)O)n(Cc2cccc(F)c2)c2ccc(F)cc12. The summed E-state index contributed by atoms with van der Waals surface area (Å²) in [6, 6.07) is 10.1. The molecule has 0 spiro atoms. The summed E-state index contributed by atoms with van der Waals surface area (Å²) in [5.74, 6) is -1.89. The molecule has 112 valence electrons. The second-order valence-electron chi connectivity index (χ2n) is 5.16. The smallest absolute Gasteiger partial charge is 0.352 e. The van der Waals surface area contributed by atoms with Crippen molar-refractivity contribution in [3.8, 4) is 0 Å². The molecular formula is C17H13F2NO2. The third-order valence-electron chi connectivity index (χ3n) is 3.71. The molecule has 0 atom stereocenters. The lowest BCUT2D eigenvalue weighted by atomic mass is 10.1. The highest BCUT2D eigenvalue weighted by atomic mass is 19.1. The zero-order valence-corrected chi connectivity index (χ0v) is 11.8. The summed E-state index contributed by atoms with van der Waals surface area (Å²) in [5, 5.41) is 10.0. The van der Waals surface area contributed by atoms with Crippen LogP contribution in [0.3, 0.4) is 0 Å². The average molecular weight is 301 g/mol. The van der Waals surface area contributed by atoms with E-state index in [0.717, 1.165) is 0 Å². The number of carboxylic acid groups (broad SMARTS) is 1. The van der Waals surface area contributed by atoms with Gasteiger partial charge in [0.15, 0.2) is 0 Å². The first kappa shape index (κ1) is 14.3. The molecule has 22 heavy (non-hydrogen) atoms. The van der Waals surface area contributed by atoms with E-state index < -0.39 is 11.8 Å². The minimum Gasteiger partial charge on any atom is -0.477 e. The van der Waals surface area contributed by atoms with E-state index in [0.29, 0.717) is 22.0 Å². The summed E-state index contributed by atoms with van der Waals surface area (Å²) < 4.78 is 28.3. The van der Waals surface area contributed by atoms with Crippen LogP contribution in [0.15, 0.2) is 42.5 Å². The highest BCUT2D eigenvalue weighted by Crippen LogP contribution is 2.27. The molecule has 3 aromatic rings. The van der Waals surface area contributed by atoms with E-state index in [1.165, 1.54) is 24.3 Å². The van der Waals surface area contributed by atoms with Gasteiger partial charge in [0.05, 0.1) is 0 Å². The van der Waals surface area contributed by atoms with E-state index in [9.17, 15) is 18.7 Å². The zero-order valence-electron chi connectivity index (χ0n) is 11.8. The number of aromatic nitrogens is 1. The third kappa shape index (κ3) is 2.35. The Kier molecular flexibility index (Phi) is 3.41. The van der Waals surface area contributed by atoms with Crippen LogP contribution in [0.25, 0.3) is 10.9 Å². The van der Waals surface area contributed by atoms with Crippen molar-refractivity contribution in [2.45, 2.75) is 13.5 Å². The Labute approximate surface area is 125 Å². The second-order valence-corrected chi connectivity index (χ2v) is 5.16. The highest BCUT2D eigenvalue weighted by molar-refractivity contribution is 5.98. The lowest BCUT2D eigenvalue weighted by molar-refractivity contribution is 0.0685. The number of fused-ring (bicyclic) bond motifs is 1. The Morgan fingerprint density at radius 3 is 2.55 bits per heavy atom. The van der Waals surface area contributed by atoms with Gasteiger partial charge in [0.2, 0.25) is 0 Å². The van der Waals surface area contributed by atoms with Crippen LogP contribution in [-0.2, 0) is 6.54 Å². The molecule has 5 heteroatoms. The molecule has 0 amide bonds. The maximum Gasteiger partial charge on any atom is 0.352 e. The molecule has 3 rings (SSSR count). The molecule has 2 aromatic carbocycles. The lowest BCUT2D eigenvalue weighted by Crippen LogP contribution is -2.10. The van der Waals surface area contributed by atoms with Crippen LogP contribution in [0.5, 0.6) is 0 Å². The Hall–Kier alpha value is -2.69. The predicted octanol–water partition coefficient (Wildman–Crippen LogP) is 3.97. The molecule has 0 aliphatic heterocycles. The van der Waals surface area contributed by atoms with Crippen molar-refractivity contribution in [3.05, 3.63) is 70.9 Å². The van der Waals surface area contributed by atoms with Gasteiger partial charge >= 0.3 is 5.97 Å². The number of hydrogen-bond donors (Lipinski definition) is 1. The Bertz CT molecular complexity index is 884. The highest BCUT2D eigenvalue weighted by Gasteiger charge is 2.20. The maximum atomic E-state index is 13.4. The minimum absolute atomic E-state index is 0.0878. The standard InChI is InChI=1S/C17H13F2NO2/c1-10-14-8-13(19)5-6-15(14)20(16(10)17(21)22)9-11-3-2-4-12(18)7-11/h2-8H,9H2,1H3,(H,21,22). The summed E-state index contributed by atoms with van der Waals surface area (Å²) in [7, 11) is 0. The van der Waals surface area contributed by atoms with Crippen molar-refractivity contribution in [3.63, 3.8) is 0 Å². The first-order valence-corrected chi connectivity index (χ1v) is 6.73. The molecule has 0 saturated heterocycles. The molecular weight excluding hydrogens is 288 g/mol. The number of aromatic carboxylic acids is 1. The molecule has 0 unspecified atom stereocenters. The molecule has 0 saturated carbocycles. The number of halogens is 2. The zero-order chi connectivity index (χ0) is 15.9. The van der Waals surface area contributed by atoms with E-state index >= 15 is 0 Å². The fraction of sp³-hybridized carbons (Fsp3) is 0.118. The van der Waals surface area contributed by atoms with Crippen LogP contribution in [-0.4, -0.2) is 15.6 Å². The summed E-state index contributed by atoms with van der Waals surface area (Å²) in [5.41, 5.74) is 1.84. The van der Waals surface area contributed by atoms with Gasteiger partial charge in [-0.3, -0.25) is 0 Å². The topological polar surface area (TPSA) is 42.2 Å². The van der Waals surface area contributed by atoms with Gasteiger partial charge in [0.1, 0.15) is 17.3 Å². The molecule has 0 radical (unpaired) electrons. The summed E-state index contributed by atoms with van der Waals surface area (Å²) >= 11 is 0. The van der Waals surface area contributed by atoms with Gasteiger partial charge in [-0.2, -0.15) is 0 Å². The molecule has 3 nitrogen and oxygen atoms in total. The summed E-state index contributed by atoms with van der Waals surface area (Å²) in [4.78, 5) is 11.6. The van der Waals surface area contributed by atoms with Gasteiger partial charge in [0, 0.05) is 17.4 Å². The quantitative estimate of drug-likeness (QED) is 0.795. The van der Waals surface area contributed by atoms with Crippen LogP contribution in [0, 0.1) is 18.6 Å². The number of aryl methyl sites for hydroxylation is 1. The summed E-state index contributed by atoms with van der Waals surface area (Å²) in [6.45, 7) is 1.85. The van der Waals surface area contributed by atoms with Crippen molar-refractivity contribution in [2.75, 3.05) is 0 Å². The van der Waals surface area contributed by atoms with Crippen molar-refractivity contribution < 1.29 is 18.7 Å². The fourth-order valence-electron chi connectivity index (χ4n) is 2.75. The van der Waals surface area contributed by atoms with Gasteiger partial charge in [-0.05, 0) is 48.4 Å². The third-order valence-corrected chi connectivity index (χ3v) is 3.71. The van der Waals surface area contributed by atoms with E-state index in [1.54, 1.807) is 29.7 Å². The maximum absolute atomic E-state index is 13.4. The molecule has 0 fully saturated rings. The van der Waals surface area contributed by atoms with Gasteiger partial charge in [-0.25, -0.2) is 13.6 Å². The van der Waals surface area contributed by atoms with E-state index in [2.05, 4.69) is 0 Å².